The molecule has 0 saturated heterocycles. The third-order valence-electron chi connectivity index (χ3n) is 4.80. The van der Waals surface area contributed by atoms with Crippen molar-refractivity contribution in [3.05, 3.63) is 68.6 Å². The molecular weight excluding hydrogens is 375 g/mol. The van der Waals surface area contributed by atoms with E-state index < -0.39 is 11.2 Å². The van der Waals surface area contributed by atoms with Gasteiger partial charge in [-0.2, -0.15) is 10.1 Å². The molecule has 9 heteroatoms. The molecule has 0 fully saturated rings. The number of halogens is 1. The molecule has 0 bridgehead atoms. The van der Waals surface area contributed by atoms with Gasteiger partial charge in [0, 0.05) is 7.05 Å². The first kappa shape index (κ1) is 18.9. The number of nitrogens with zero attached hydrogens (tertiary/aromatic N) is 6. The van der Waals surface area contributed by atoms with E-state index in [1.165, 1.54) is 21.3 Å². The molecule has 29 heavy (non-hydrogen) atoms. The molecule has 4 rings (SSSR count). The van der Waals surface area contributed by atoms with E-state index in [0.29, 0.717) is 35.8 Å². The van der Waals surface area contributed by atoms with E-state index >= 15 is 0 Å². The molecule has 2 aromatic heterocycles. The summed E-state index contributed by atoms with van der Waals surface area (Å²) >= 11 is 0. The lowest BCUT2D eigenvalue weighted by Gasteiger charge is -2.25. The molecule has 8 nitrogen and oxygen atoms in total. The van der Waals surface area contributed by atoms with Crippen LogP contribution in [0.3, 0.4) is 0 Å². The van der Waals surface area contributed by atoms with Crippen LogP contribution in [0.25, 0.3) is 11.2 Å². The Labute approximate surface area is 165 Å². The van der Waals surface area contributed by atoms with Gasteiger partial charge in [-0.1, -0.05) is 24.3 Å². The maximum absolute atomic E-state index is 13.2. The minimum atomic E-state index is -0.441. The van der Waals surface area contributed by atoms with Gasteiger partial charge in [0.15, 0.2) is 11.2 Å². The van der Waals surface area contributed by atoms with Crippen LogP contribution in [0.2, 0.25) is 0 Å². The van der Waals surface area contributed by atoms with Crippen LogP contribution in [0.1, 0.15) is 19.4 Å². The normalized spacial score (nSPS) is 13.5. The Bertz CT molecular complexity index is 1280. The Morgan fingerprint density at radius 3 is 2.59 bits per heavy atom. The van der Waals surface area contributed by atoms with Crippen LogP contribution in [-0.2, 0) is 26.7 Å². The number of benzene rings is 1. The zero-order valence-electron chi connectivity index (χ0n) is 16.5. The maximum atomic E-state index is 13.2. The summed E-state index contributed by atoms with van der Waals surface area (Å²) in [5.41, 5.74) is 2.15. The Morgan fingerprint density at radius 1 is 1.24 bits per heavy atom. The van der Waals surface area contributed by atoms with E-state index in [0.717, 1.165) is 11.3 Å². The zero-order valence-corrected chi connectivity index (χ0v) is 16.5. The molecule has 0 atom stereocenters. The van der Waals surface area contributed by atoms with Crippen LogP contribution < -0.4 is 16.3 Å². The van der Waals surface area contributed by atoms with Gasteiger partial charge in [0.25, 0.3) is 5.56 Å². The summed E-state index contributed by atoms with van der Waals surface area (Å²) in [5, 5.41) is 6.22. The largest absolute Gasteiger partial charge is 0.332 e. The third-order valence-corrected chi connectivity index (χ3v) is 4.80. The van der Waals surface area contributed by atoms with Crippen molar-refractivity contribution in [2.24, 2.45) is 12.1 Å². The number of aromatic nitrogens is 4. The van der Waals surface area contributed by atoms with E-state index in [1.54, 1.807) is 35.7 Å². The number of anilines is 1. The molecular formula is C20H21FN6O2. The second kappa shape index (κ2) is 6.84. The summed E-state index contributed by atoms with van der Waals surface area (Å²) in [4.78, 5) is 30.4. The van der Waals surface area contributed by atoms with Crippen molar-refractivity contribution in [1.29, 1.82) is 0 Å². The molecule has 0 radical (unpaired) electrons. The van der Waals surface area contributed by atoms with Gasteiger partial charge in [-0.25, -0.2) is 14.2 Å². The van der Waals surface area contributed by atoms with Crippen LogP contribution in [0.4, 0.5) is 10.3 Å². The summed E-state index contributed by atoms with van der Waals surface area (Å²) < 4.78 is 17.5. The van der Waals surface area contributed by atoms with Crippen molar-refractivity contribution < 1.29 is 4.39 Å². The fraction of sp³-hybridized carbons (Fsp3) is 0.300. The maximum Gasteiger partial charge on any atom is 0.332 e. The molecule has 0 N–H and O–H groups in total. The smallest absolute Gasteiger partial charge is 0.297 e. The van der Waals surface area contributed by atoms with Gasteiger partial charge in [-0.15, -0.1) is 0 Å². The summed E-state index contributed by atoms with van der Waals surface area (Å²) in [6.07, 6.45) is 0. The fourth-order valence-electron chi connectivity index (χ4n) is 3.50. The summed E-state index contributed by atoms with van der Waals surface area (Å²) in [5.74, 6) is 0.155. The van der Waals surface area contributed by atoms with E-state index in [9.17, 15) is 14.0 Å². The fourth-order valence-corrected chi connectivity index (χ4v) is 3.50. The van der Waals surface area contributed by atoms with E-state index in [-0.39, 0.29) is 12.4 Å². The number of aryl methyl sites for hydroxylation is 1. The lowest BCUT2D eigenvalue weighted by Crippen LogP contribution is -2.40. The number of allylic oxidation sites excluding steroid dienone is 1. The van der Waals surface area contributed by atoms with Crippen LogP contribution in [0.5, 0.6) is 0 Å². The van der Waals surface area contributed by atoms with Crippen molar-refractivity contribution >= 4 is 22.8 Å². The minimum Gasteiger partial charge on any atom is -0.297 e. The molecule has 3 aromatic rings. The van der Waals surface area contributed by atoms with Gasteiger partial charge in [0.05, 0.1) is 25.3 Å². The van der Waals surface area contributed by atoms with Crippen LogP contribution >= 0.6 is 0 Å². The predicted molar refractivity (Wildman–Crippen MR) is 110 cm³/mol. The lowest BCUT2D eigenvalue weighted by molar-refractivity contribution is 0.626. The Morgan fingerprint density at radius 2 is 1.93 bits per heavy atom. The second-order valence-corrected chi connectivity index (χ2v) is 7.38. The molecule has 0 saturated carbocycles. The SMILES string of the molecule is C=C(C)Cn1c(=O)c2c(nc3n2CC(C)=NN3Cc2ccc(F)cc2)n(C)c1=O. The average molecular weight is 396 g/mol. The Kier molecular flexibility index (Phi) is 4.45. The summed E-state index contributed by atoms with van der Waals surface area (Å²) in [6.45, 7) is 8.34. The molecule has 0 unspecified atom stereocenters. The molecule has 150 valence electrons. The van der Waals surface area contributed by atoms with Gasteiger partial charge in [0.1, 0.15) is 5.82 Å². The predicted octanol–water partition coefficient (Wildman–Crippen LogP) is 2.01. The minimum absolute atomic E-state index is 0.147. The second-order valence-electron chi connectivity index (χ2n) is 7.38. The quantitative estimate of drug-likeness (QED) is 0.632. The highest BCUT2D eigenvalue weighted by Crippen LogP contribution is 2.25. The number of imidazole rings is 1. The monoisotopic (exact) mass is 396 g/mol. The Hall–Kier alpha value is -3.49. The molecule has 0 aliphatic carbocycles. The number of hydrogen-bond donors (Lipinski definition) is 0. The van der Waals surface area contributed by atoms with E-state index in [4.69, 9.17) is 0 Å². The highest BCUT2D eigenvalue weighted by Gasteiger charge is 2.26. The van der Waals surface area contributed by atoms with E-state index in [1.807, 2.05) is 6.92 Å². The van der Waals surface area contributed by atoms with Gasteiger partial charge in [0.2, 0.25) is 5.95 Å². The van der Waals surface area contributed by atoms with Crippen molar-refractivity contribution in [2.75, 3.05) is 5.01 Å². The lowest BCUT2D eigenvalue weighted by atomic mass is 10.2. The number of hydrazone groups is 1. The first-order valence-corrected chi connectivity index (χ1v) is 9.16. The highest BCUT2D eigenvalue weighted by atomic mass is 19.1. The number of rotatable bonds is 4. The third kappa shape index (κ3) is 3.18. The molecule has 3 heterocycles. The first-order valence-electron chi connectivity index (χ1n) is 9.16. The van der Waals surface area contributed by atoms with Crippen molar-refractivity contribution in [2.45, 2.75) is 33.5 Å². The zero-order chi connectivity index (χ0) is 20.9. The van der Waals surface area contributed by atoms with Crippen LogP contribution in [0, 0.1) is 5.82 Å². The molecule has 1 aliphatic rings. The number of fused-ring (bicyclic) bond motifs is 3. The van der Waals surface area contributed by atoms with Crippen molar-refractivity contribution in [3.8, 4) is 0 Å². The van der Waals surface area contributed by atoms with Gasteiger partial charge < -0.3 is 0 Å². The molecule has 1 aliphatic heterocycles. The number of hydrogen-bond acceptors (Lipinski definition) is 5. The van der Waals surface area contributed by atoms with E-state index in [2.05, 4.69) is 16.7 Å². The van der Waals surface area contributed by atoms with Gasteiger partial charge in [-0.3, -0.25) is 18.5 Å². The molecule has 1 aromatic carbocycles. The summed E-state index contributed by atoms with van der Waals surface area (Å²) in [6, 6.07) is 6.13. The standard InChI is InChI=1S/C20H21FN6O2/c1-12(2)9-26-18(28)16-17(24(4)20(26)29)22-19-25(16)10-13(3)23-27(19)11-14-5-7-15(21)8-6-14/h5-8H,1,9-11H2,2-4H3. The topological polar surface area (TPSA) is 77.4 Å². The van der Waals surface area contributed by atoms with Gasteiger partial charge >= 0.3 is 5.69 Å². The van der Waals surface area contributed by atoms with Crippen molar-refractivity contribution in [3.63, 3.8) is 0 Å². The average Bonchev–Trinajstić information content (AvgIpc) is 3.05. The van der Waals surface area contributed by atoms with Crippen LogP contribution in [-0.4, -0.2) is 24.4 Å². The van der Waals surface area contributed by atoms with Gasteiger partial charge in [-0.05, 0) is 31.5 Å². The molecule has 0 amide bonds. The molecule has 0 spiro atoms. The highest BCUT2D eigenvalue weighted by molar-refractivity contribution is 5.87. The first-order chi connectivity index (χ1) is 13.8. The van der Waals surface area contributed by atoms with Crippen LogP contribution in [0.15, 0.2) is 51.1 Å². The van der Waals surface area contributed by atoms with Crippen molar-refractivity contribution in [1.82, 2.24) is 18.7 Å². The Balaban J connectivity index is 1.90. The summed E-state index contributed by atoms with van der Waals surface area (Å²) in [7, 11) is 1.59.